The first-order valence-electron chi connectivity index (χ1n) is 9.04. The van der Waals surface area contributed by atoms with Crippen LogP contribution in [0.5, 0.6) is 0 Å². The zero-order valence-electron chi connectivity index (χ0n) is 14.9. The molecule has 0 heterocycles. The molecular formula is C20H31ClN2. The summed E-state index contributed by atoms with van der Waals surface area (Å²) in [4.78, 5) is 4.74. The van der Waals surface area contributed by atoms with E-state index in [-0.39, 0.29) is 0 Å². The SMILES string of the molecule is C=C(N=C(/C(C)=C(/C)CC1CC1)/C(Cl)=C\C)NC1CCCCC1. The number of halogens is 1. The monoisotopic (exact) mass is 334 g/mol. The highest BCUT2D eigenvalue weighted by Gasteiger charge is 2.23. The molecule has 23 heavy (non-hydrogen) atoms. The lowest BCUT2D eigenvalue weighted by Crippen LogP contribution is -2.29. The maximum absolute atomic E-state index is 6.44. The largest absolute Gasteiger partial charge is 0.368 e. The maximum atomic E-state index is 6.44. The number of aliphatic imine (C=N–C) groups is 1. The van der Waals surface area contributed by atoms with E-state index in [9.17, 15) is 0 Å². The third kappa shape index (κ3) is 5.84. The van der Waals surface area contributed by atoms with Crippen LogP contribution in [0.25, 0.3) is 0 Å². The smallest absolute Gasteiger partial charge is 0.119 e. The summed E-state index contributed by atoms with van der Waals surface area (Å²) >= 11 is 6.44. The molecule has 0 unspecified atom stereocenters. The van der Waals surface area contributed by atoms with Crippen LogP contribution >= 0.6 is 11.6 Å². The van der Waals surface area contributed by atoms with E-state index in [2.05, 4.69) is 25.7 Å². The average Bonchev–Trinajstić information content (AvgIpc) is 3.36. The zero-order valence-corrected chi connectivity index (χ0v) is 15.7. The van der Waals surface area contributed by atoms with Crippen molar-refractivity contribution < 1.29 is 0 Å². The molecule has 2 saturated carbocycles. The molecule has 0 radical (unpaired) electrons. The fraction of sp³-hybridized carbons (Fsp3) is 0.650. The molecule has 2 aliphatic carbocycles. The van der Waals surface area contributed by atoms with E-state index in [4.69, 9.17) is 16.6 Å². The van der Waals surface area contributed by atoms with Crippen LogP contribution in [0.2, 0.25) is 0 Å². The lowest BCUT2D eigenvalue weighted by molar-refractivity contribution is 0.396. The second kappa shape index (κ2) is 8.73. The van der Waals surface area contributed by atoms with Crippen LogP contribution < -0.4 is 5.32 Å². The van der Waals surface area contributed by atoms with Gasteiger partial charge < -0.3 is 5.32 Å². The van der Waals surface area contributed by atoms with Crippen molar-refractivity contribution in [3.63, 3.8) is 0 Å². The highest BCUT2D eigenvalue weighted by molar-refractivity contribution is 6.46. The first kappa shape index (κ1) is 18.3. The van der Waals surface area contributed by atoms with Gasteiger partial charge in [-0.3, -0.25) is 0 Å². The predicted molar refractivity (Wildman–Crippen MR) is 102 cm³/mol. The normalized spacial score (nSPS) is 21.9. The van der Waals surface area contributed by atoms with Gasteiger partial charge in [-0.25, -0.2) is 4.99 Å². The lowest BCUT2D eigenvalue weighted by atomic mass is 9.95. The lowest BCUT2D eigenvalue weighted by Gasteiger charge is -2.24. The molecule has 0 bridgehead atoms. The molecule has 2 nitrogen and oxygen atoms in total. The molecule has 1 N–H and O–H groups in total. The van der Waals surface area contributed by atoms with E-state index in [1.807, 2.05) is 13.0 Å². The standard InChI is InChI=1S/C20H31ClN2/c1-5-19(21)20(15(3)14(2)13-17-11-12-17)23-16(4)22-18-9-7-6-8-10-18/h5,17-18,22H,4,6-13H2,1-3H3/b15-14-,19-5+,23-20?. The second-order valence-corrected chi connectivity index (χ2v) is 7.48. The molecule has 0 aliphatic heterocycles. The molecule has 0 aromatic heterocycles. The number of nitrogens with zero attached hydrogens (tertiary/aromatic N) is 1. The van der Waals surface area contributed by atoms with Crippen LogP contribution in [0.15, 0.2) is 39.6 Å². The molecule has 0 aromatic rings. The van der Waals surface area contributed by atoms with E-state index in [1.165, 1.54) is 62.5 Å². The predicted octanol–water partition coefficient (Wildman–Crippen LogP) is 6.10. The Hall–Kier alpha value is -1.02. The Labute approximate surface area is 146 Å². The average molecular weight is 335 g/mol. The molecule has 128 valence electrons. The summed E-state index contributed by atoms with van der Waals surface area (Å²) in [6, 6.07) is 0.516. The first-order valence-corrected chi connectivity index (χ1v) is 9.42. The number of allylic oxidation sites excluding steroid dienone is 4. The summed E-state index contributed by atoms with van der Waals surface area (Å²) < 4.78 is 0. The molecule has 0 aromatic carbocycles. The minimum Gasteiger partial charge on any atom is -0.368 e. The van der Waals surface area contributed by atoms with Gasteiger partial charge in [0.1, 0.15) is 5.82 Å². The van der Waals surface area contributed by atoms with Crippen molar-refractivity contribution in [3.8, 4) is 0 Å². The summed E-state index contributed by atoms with van der Waals surface area (Å²) in [6.45, 7) is 10.4. The summed E-state index contributed by atoms with van der Waals surface area (Å²) in [6.07, 6.45) is 12.2. The Bertz CT molecular complexity index is 518. The number of rotatable bonds is 7. The first-order chi connectivity index (χ1) is 11.0. The molecule has 2 rings (SSSR count). The summed E-state index contributed by atoms with van der Waals surface area (Å²) in [5.74, 6) is 1.62. The van der Waals surface area contributed by atoms with E-state index in [1.54, 1.807) is 0 Å². The van der Waals surface area contributed by atoms with Crippen LogP contribution in [0.1, 0.15) is 72.1 Å². The molecular weight excluding hydrogens is 304 g/mol. The van der Waals surface area contributed by atoms with Crippen molar-refractivity contribution in [2.24, 2.45) is 10.9 Å². The summed E-state index contributed by atoms with van der Waals surface area (Å²) in [5.41, 5.74) is 3.48. The summed E-state index contributed by atoms with van der Waals surface area (Å²) in [7, 11) is 0. The van der Waals surface area contributed by atoms with Gasteiger partial charge in [-0.2, -0.15) is 0 Å². The fourth-order valence-electron chi connectivity index (χ4n) is 3.21. The van der Waals surface area contributed by atoms with E-state index >= 15 is 0 Å². The Morgan fingerprint density at radius 1 is 1.17 bits per heavy atom. The summed E-state index contributed by atoms with van der Waals surface area (Å²) in [5, 5.41) is 4.20. The highest BCUT2D eigenvalue weighted by Crippen LogP contribution is 2.36. The number of hydrogen-bond acceptors (Lipinski definition) is 2. The zero-order chi connectivity index (χ0) is 16.8. The van der Waals surface area contributed by atoms with Crippen LogP contribution in [0.4, 0.5) is 0 Å². The van der Waals surface area contributed by atoms with Gasteiger partial charge >= 0.3 is 0 Å². The van der Waals surface area contributed by atoms with Crippen LogP contribution in [0, 0.1) is 5.92 Å². The Balaban J connectivity index is 2.10. The van der Waals surface area contributed by atoms with Crippen molar-refractivity contribution in [2.45, 2.75) is 78.2 Å². The maximum Gasteiger partial charge on any atom is 0.119 e. The van der Waals surface area contributed by atoms with Crippen LogP contribution in [0.3, 0.4) is 0 Å². The van der Waals surface area contributed by atoms with Gasteiger partial charge in [0.05, 0.1) is 10.7 Å². The Morgan fingerprint density at radius 3 is 2.39 bits per heavy atom. The van der Waals surface area contributed by atoms with Crippen molar-refractivity contribution in [3.05, 3.63) is 34.7 Å². The van der Waals surface area contributed by atoms with Gasteiger partial charge in [-0.1, -0.05) is 49.1 Å². The quantitative estimate of drug-likeness (QED) is 0.559. The van der Waals surface area contributed by atoms with Crippen LogP contribution in [-0.2, 0) is 0 Å². The fourth-order valence-corrected chi connectivity index (χ4v) is 3.40. The third-order valence-corrected chi connectivity index (χ3v) is 5.39. The van der Waals surface area contributed by atoms with Crippen molar-refractivity contribution in [1.29, 1.82) is 0 Å². The molecule has 0 amide bonds. The Kier molecular flexibility index (Phi) is 6.95. The van der Waals surface area contributed by atoms with Gasteiger partial charge in [0.15, 0.2) is 0 Å². The second-order valence-electron chi connectivity index (χ2n) is 7.08. The number of hydrogen-bond donors (Lipinski definition) is 1. The molecule has 0 atom stereocenters. The van der Waals surface area contributed by atoms with Gasteiger partial charge in [0, 0.05) is 6.04 Å². The highest BCUT2D eigenvalue weighted by atomic mass is 35.5. The number of nitrogens with one attached hydrogen (secondary N) is 1. The van der Waals surface area contributed by atoms with E-state index < -0.39 is 0 Å². The van der Waals surface area contributed by atoms with Crippen molar-refractivity contribution in [2.75, 3.05) is 0 Å². The van der Waals surface area contributed by atoms with Gasteiger partial charge in [-0.05, 0) is 64.4 Å². The molecule has 0 saturated heterocycles. The van der Waals surface area contributed by atoms with E-state index in [0.29, 0.717) is 11.1 Å². The molecule has 0 spiro atoms. The topological polar surface area (TPSA) is 24.4 Å². The molecule has 2 aliphatic rings. The molecule has 3 heteroatoms. The van der Waals surface area contributed by atoms with Crippen molar-refractivity contribution >= 4 is 17.3 Å². The van der Waals surface area contributed by atoms with Gasteiger partial charge in [0.2, 0.25) is 0 Å². The van der Waals surface area contributed by atoms with Gasteiger partial charge in [0.25, 0.3) is 0 Å². The van der Waals surface area contributed by atoms with Gasteiger partial charge in [-0.15, -0.1) is 0 Å². The minimum absolute atomic E-state index is 0.516. The third-order valence-electron chi connectivity index (χ3n) is 4.99. The van der Waals surface area contributed by atoms with E-state index in [0.717, 1.165) is 17.5 Å². The minimum atomic E-state index is 0.516. The van der Waals surface area contributed by atoms with Crippen molar-refractivity contribution in [1.82, 2.24) is 5.32 Å². The van der Waals surface area contributed by atoms with Crippen LogP contribution in [-0.4, -0.2) is 11.8 Å². The molecule has 2 fully saturated rings. The Morgan fingerprint density at radius 2 is 1.83 bits per heavy atom.